The van der Waals surface area contributed by atoms with Crippen LogP contribution in [0.2, 0.25) is 0 Å². The third-order valence-corrected chi connectivity index (χ3v) is 3.84. The lowest BCUT2D eigenvalue weighted by Crippen LogP contribution is -2.44. The fourth-order valence-corrected chi connectivity index (χ4v) is 2.43. The van der Waals surface area contributed by atoms with Crippen LogP contribution in [0.25, 0.3) is 0 Å². The zero-order valence-electron chi connectivity index (χ0n) is 11.9. The third-order valence-electron chi connectivity index (χ3n) is 3.84. The van der Waals surface area contributed by atoms with Crippen molar-refractivity contribution in [3.05, 3.63) is 0 Å². The molecule has 0 aromatic rings. The Balaban J connectivity index is 0.00000162. The van der Waals surface area contributed by atoms with Gasteiger partial charge in [-0.05, 0) is 65.1 Å². The van der Waals surface area contributed by atoms with E-state index < -0.39 is 0 Å². The van der Waals surface area contributed by atoms with Gasteiger partial charge in [-0.2, -0.15) is 0 Å². The van der Waals surface area contributed by atoms with Gasteiger partial charge in [0.25, 0.3) is 0 Å². The maximum Gasteiger partial charge on any atom is 0.0596 e. The zero-order chi connectivity index (χ0) is 12.1. The van der Waals surface area contributed by atoms with Crippen molar-refractivity contribution in [2.24, 2.45) is 5.92 Å². The predicted octanol–water partition coefficient (Wildman–Crippen LogP) is 2.30. The Labute approximate surface area is 118 Å². The minimum Gasteiger partial charge on any atom is -0.377 e. The average Bonchev–Trinajstić information content (AvgIpc) is 3.11. The molecule has 1 heterocycles. The molecular weight excluding hydrogens is 248 g/mol. The van der Waals surface area contributed by atoms with Crippen molar-refractivity contribution in [1.29, 1.82) is 0 Å². The minimum absolute atomic E-state index is 0. The lowest BCUT2D eigenvalue weighted by Gasteiger charge is -2.32. The van der Waals surface area contributed by atoms with E-state index in [0.29, 0.717) is 6.10 Å². The summed E-state index contributed by atoms with van der Waals surface area (Å²) < 4.78 is 5.60. The van der Waals surface area contributed by atoms with Crippen molar-refractivity contribution < 1.29 is 4.74 Å². The highest BCUT2D eigenvalue weighted by Gasteiger charge is 2.24. The fourth-order valence-electron chi connectivity index (χ4n) is 2.43. The zero-order valence-corrected chi connectivity index (χ0v) is 12.7. The lowest BCUT2D eigenvalue weighted by molar-refractivity contribution is 0.0526. The van der Waals surface area contributed by atoms with Crippen LogP contribution in [0, 0.1) is 5.92 Å². The van der Waals surface area contributed by atoms with Gasteiger partial charge in [0.1, 0.15) is 0 Å². The van der Waals surface area contributed by atoms with E-state index in [1.165, 1.54) is 45.3 Å². The van der Waals surface area contributed by atoms with Gasteiger partial charge in [-0.25, -0.2) is 0 Å². The highest BCUT2D eigenvalue weighted by molar-refractivity contribution is 5.85. The molecule has 108 valence electrons. The standard InChI is InChI=1S/C14H28N2O.ClH/c1-12(2)17-10-9-16-7-5-14(6-8-16)15-11-13-3-4-13;/h12-15H,3-11H2,1-2H3;1H. The van der Waals surface area contributed by atoms with Gasteiger partial charge >= 0.3 is 0 Å². The van der Waals surface area contributed by atoms with Crippen molar-refractivity contribution in [2.75, 3.05) is 32.8 Å². The summed E-state index contributed by atoms with van der Waals surface area (Å²) >= 11 is 0. The summed E-state index contributed by atoms with van der Waals surface area (Å²) in [4.78, 5) is 2.54. The molecule has 0 bridgehead atoms. The highest BCUT2D eigenvalue weighted by Crippen LogP contribution is 2.28. The van der Waals surface area contributed by atoms with Crippen LogP contribution in [0.15, 0.2) is 0 Å². The largest absolute Gasteiger partial charge is 0.377 e. The van der Waals surface area contributed by atoms with Crippen molar-refractivity contribution >= 4 is 12.4 Å². The molecule has 1 saturated heterocycles. The number of likely N-dealkylation sites (tertiary alicyclic amines) is 1. The van der Waals surface area contributed by atoms with Crippen LogP contribution in [0.4, 0.5) is 0 Å². The smallest absolute Gasteiger partial charge is 0.0596 e. The molecule has 4 heteroatoms. The molecule has 1 aliphatic heterocycles. The normalized spacial score (nSPS) is 22.2. The summed E-state index contributed by atoms with van der Waals surface area (Å²) in [6.45, 7) is 9.95. The molecule has 2 aliphatic rings. The van der Waals surface area contributed by atoms with Crippen LogP contribution in [0.3, 0.4) is 0 Å². The van der Waals surface area contributed by atoms with Crippen LogP contribution >= 0.6 is 12.4 Å². The Morgan fingerprint density at radius 3 is 2.39 bits per heavy atom. The van der Waals surface area contributed by atoms with Crippen LogP contribution < -0.4 is 5.32 Å². The first-order valence-electron chi connectivity index (χ1n) is 7.31. The number of halogens is 1. The molecule has 0 radical (unpaired) electrons. The van der Waals surface area contributed by atoms with E-state index in [4.69, 9.17) is 4.74 Å². The molecule has 1 aliphatic carbocycles. The van der Waals surface area contributed by atoms with E-state index in [-0.39, 0.29) is 12.4 Å². The minimum atomic E-state index is 0. The summed E-state index contributed by atoms with van der Waals surface area (Å²) in [5.74, 6) is 1.01. The maximum absolute atomic E-state index is 5.60. The second-order valence-corrected chi connectivity index (χ2v) is 5.89. The monoisotopic (exact) mass is 276 g/mol. The number of piperidine rings is 1. The summed E-state index contributed by atoms with van der Waals surface area (Å²) in [7, 11) is 0. The van der Waals surface area contributed by atoms with Gasteiger partial charge in [0.05, 0.1) is 12.7 Å². The molecule has 0 unspecified atom stereocenters. The van der Waals surface area contributed by atoms with E-state index in [9.17, 15) is 0 Å². The summed E-state index contributed by atoms with van der Waals surface area (Å²) in [5, 5.41) is 3.72. The van der Waals surface area contributed by atoms with E-state index in [1.807, 2.05) is 0 Å². The van der Waals surface area contributed by atoms with E-state index in [1.54, 1.807) is 0 Å². The summed E-state index contributed by atoms with van der Waals surface area (Å²) in [6, 6.07) is 0.776. The number of hydrogen-bond acceptors (Lipinski definition) is 3. The van der Waals surface area contributed by atoms with Gasteiger partial charge < -0.3 is 15.0 Å². The molecule has 3 nitrogen and oxygen atoms in total. The Hall–Kier alpha value is 0.170. The first-order chi connectivity index (χ1) is 8.24. The Bertz CT molecular complexity index is 214. The van der Waals surface area contributed by atoms with Gasteiger partial charge in [-0.3, -0.25) is 0 Å². The first kappa shape index (κ1) is 16.2. The Kier molecular flexibility index (Phi) is 7.54. The lowest BCUT2D eigenvalue weighted by atomic mass is 10.0. The van der Waals surface area contributed by atoms with Gasteiger partial charge in [0.15, 0.2) is 0 Å². The Morgan fingerprint density at radius 1 is 1.17 bits per heavy atom. The molecule has 1 N–H and O–H groups in total. The fraction of sp³-hybridized carbons (Fsp3) is 1.00. The van der Waals surface area contributed by atoms with E-state index in [2.05, 4.69) is 24.1 Å². The van der Waals surface area contributed by atoms with Crippen LogP contribution in [0.1, 0.15) is 39.5 Å². The molecule has 0 amide bonds. The van der Waals surface area contributed by atoms with Crippen molar-refractivity contribution in [1.82, 2.24) is 10.2 Å². The summed E-state index contributed by atoms with van der Waals surface area (Å²) in [5.41, 5.74) is 0. The quantitative estimate of drug-likeness (QED) is 0.772. The average molecular weight is 277 g/mol. The SMILES string of the molecule is CC(C)OCCN1CCC(NCC2CC2)CC1.Cl. The van der Waals surface area contributed by atoms with Crippen molar-refractivity contribution in [3.8, 4) is 0 Å². The summed E-state index contributed by atoms with van der Waals surface area (Å²) in [6.07, 6.45) is 5.91. The van der Waals surface area contributed by atoms with Crippen LogP contribution in [-0.2, 0) is 4.74 Å². The second-order valence-electron chi connectivity index (χ2n) is 5.89. The molecule has 18 heavy (non-hydrogen) atoms. The van der Waals surface area contributed by atoms with Gasteiger partial charge in [-0.1, -0.05) is 0 Å². The van der Waals surface area contributed by atoms with E-state index >= 15 is 0 Å². The number of hydrogen-bond donors (Lipinski definition) is 1. The first-order valence-corrected chi connectivity index (χ1v) is 7.31. The highest BCUT2D eigenvalue weighted by atomic mass is 35.5. The number of nitrogens with zero attached hydrogens (tertiary/aromatic N) is 1. The Morgan fingerprint density at radius 2 is 1.83 bits per heavy atom. The molecule has 1 saturated carbocycles. The van der Waals surface area contributed by atoms with Gasteiger partial charge in [-0.15, -0.1) is 12.4 Å². The van der Waals surface area contributed by atoms with Crippen molar-refractivity contribution in [2.45, 2.75) is 51.7 Å². The maximum atomic E-state index is 5.60. The number of ether oxygens (including phenoxy) is 1. The molecule has 0 aromatic carbocycles. The third kappa shape index (κ3) is 6.37. The van der Waals surface area contributed by atoms with Gasteiger partial charge in [0.2, 0.25) is 0 Å². The number of rotatable bonds is 7. The molecule has 2 fully saturated rings. The van der Waals surface area contributed by atoms with Crippen LogP contribution in [-0.4, -0.2) is 49.8 Å². The molecule has 2 rings (SSSR count). The van der Waals surface area contributed by atoms with Crippen LogP contribution in [0.5, 0.6) is 0 Å². The van der Waals surface area contributed by atoms with E-state index in [0.717, 1.165) is 25.1 Å². The molecule has 0 spiro atoms. The van der Waals surface area contributed by atoms with Crippen molar-refractivity contribution in [3.63, 3.8) is 0 Å². The predicted molar refractivity (Wildman–Crippen MR) is 78.5 cm³/mol. The number of nitrogens with one attached hydrogen (secondary N) is 1. The molecular formula is C14H29ClN2O. The second kappa shape index (κ2) is 8.36. The van der Waals surface area contributed by atoms with Gasteiger partial charge in [0, 0.05) is 12.6 Å². The topological polar surface area (TPSA) is 24.5 Å². The molecule has 0 atom stereocenters. The molecule has 0 aromatic heterocycles.